The van der Waals surface area contributed by atoms with E-state index < -0.39 is 5.56 Å². The Kier molecular flexibility index (Phi) is 4.38. The van der Waals surface area contributed by atoms with Gasteiger partial charge in [0.25, 0.3) is 0 Å². The number of halogens is 1. The monoisotopic (exact) mass is 234 g/mol. The van der Waals surface area contributed by atoms with Gasteiger partial charge in [-0.05, 0) is 29.9 Å². The van der Waals surface area contributed by atoms with E-state index in [4.69, 9.17) is 16.7 Å². The SMILES string of the molecule is COC(=O)c1sccc1CCC(O)Cl. The number of esters is 1. The van der Waals surface area contributed by atoms with Gasteiger partial charge in [0.15, 0.2) is 0 Å². The third-order valence-electron chi connectivity index (χ3n) is 1.77. The summed E-state index contributed by atoms with van der Waals surface area (Å²) in [5, 5.41) is 10.7. The zero-order chi connectivity index (χ0) is 10.6. The van der Waals surface area contributed by atoms with Crippen molar-refractivity contribution in [3.05, 3.63) is 21.9 Å². The van der Waals surface area contributed by atoms with E-state index in [9.17, 15) is 4.79 Å². The Morgan fingerprint density at radius 3 is 3.07 bits per heavy atom. The maximum Gasteiger partial charge on any atom is 0.348 e. The van der Waals surface area contributed by atoms with E-state index in [-0.39, 0.29) is 5.97 Å². The average molecular weight is 235 g/mol. The van der Waals surface area contributed by atoms with Gasteiger partial charge >= 0.3 is 5.97 Å². The summed E-state index contributed by atoms with van der Waals surface area (Å²) in [6.45, 7) is 0. The molecular formula is C9H11ClO3S. The number of aryl methyl sites for hydroxylation is 1. The van der Waals surface area contributed by atoms with Gasteiger partial charge < -0.3 is 9.84 Å². The molecule has 0 fully saturated rings. The number of hydrogen-bond acceptors (Lipinski definition) is 4. The van der Waals surface area contributed by atoms with Crippen molar-refractivity contribution in [3.63, 3.8) is 0 Å². The predicted molar refractivity (Wildman–Crippen MR) is 55.8 cm³/mol. The zero-order valence-corrected chi connectivity index (χ0v) is 9.27. The molecule has 1 rings (SSSR count). The number of methoxy groups -OCH3 is 1. The molecule has 0 saturated carbocycles. The molecular weight excluding hydrogens is 224 g/mol. The lowest BCUT2D eigenvalue weighted by Crippen LogP contribution is -2.04. The lowest BCUT2D eigenvalue weighted by molar-refractivity contribution is 0.0605. The Labute approximate surface area is 91.3 Å². The van der Waals surface area contributed by atoms with Crippen LogP contribution in [0.25, 0.3) is 0 Å². The number of aliphatic hydroxyl groups excluding tert-OH is 1. The van der Waals surface area contributed by atoms with Crippen LogP contribution in [0.2, 0.25) is 0 Å². The van der Waals surface area contributed by atoms with Crippen molar-refractivity contribution in [1.82, 2.24) is 0 Å². The fourth-order valence-electron chi connectivity index (χ4n) is 1.08. The Bertz CT molecular complexity index is 309. The van der Waals surface area contributed by atoms with E-state index in [0.29, 0.717) is 17.7 Å². The minimum atomic E-state index is -0.861. The fourth-order valence-corrected chi connectivity index (χ4v) is 2.06. The van der Waals surface area contributed by atoms with Crippen molar-refractivity contribution < 1.29 is 14.6 Å². The molecule has 0 spiro atoms. The molecule has 5 heteroatoms. The Morgan fingerprint density at radius 1 is 1.79 bits per heavy atom. The number of rotatable bonds is 4. The first-order valence-electron chi connectivity index (χ1n) is 4.12. The summed E-state index contributed by atoms with van der Waals surface area (Å²) in [5.74, 6) is -0.334. The third kappa shape index (κ3) is 2.97. The first-order chi connectivity index (χ1) is 6.65. The van der Waals surface area contributed by atoms with Crippen LogP contribution in [0.15, 0.2) is 11.4 Å². The standard InChI is InChI=1S/C9H11ClO3S/c1-13-9(12)8-6(4-5-14-8)2-3-7(10)11/h4-5,7,11H,2-3H2,1H3. The van der Waals surface area contributed by atoms with Crippen molar-refractivity contribution in [2.24, 2.45) is 0 Å². The van der Waals surface area contributed by atoms with Crippen LogP contribution in [-0.2, 0) is 11.2 Å². The van der Waals surface area contributed by atoms with Crippen LogP contribution in [0.3, 0.4) is 0 Å². The highest BCUT2D eigenvalue weighted by Gasteiger charge is 2.13. The van der Waals surface area contributed by atoms with E-state index >= 15 is 0 Å². The normalized spacial score (nSPS) is 12.5. The molecule has 14 heavy (non-hydrogen) atoms. The zero-order valence-electron chi connectivity index (χ0n) is 7.70. The number of alkyl halides is 1. The third-order valence-corrected chi connectivity index (χ3v) is 2.92. The van der Waals surface area contributed by atoms with Gasteiger partial charge in [-0.15, -0.1) is 11.3 Å². The summed E-state index contributed by atoms with van der Waals surface area (Å²) >= 11 is 6.74. The first-order valence-corrected chi connectivity index (χ1v) is 5.43. The largest absolute Gasteiger partial charge is 0.465 e. The number of thiophene rings is 1. The van der Waals surface area contributed by atoms with Crippen LogP contribution in [0, 0.1) is 0 Å². The van der Waals surface area contributed by atoms with Crippen molar-refractivity contribution in [2.45, 2.75) is 18.4 Å². The van der Waals surface area contributed by atoms with E-state index in [1.54, 1.807) is 0 Å². The molecule has 3 nitrogen and oxygen atoms in total. The molecule has 0 saturated heterocycles. The maximum atomic E-state index is 11.2. The molecule has 1 aromatic rings. The van der Waals surface area contributed by atoms with Crippen molar-refractivity contribution >= 4 is 28.9 Å². The average Bonchev–Trinajstić information content (AvgIpc) is 2.61. The maximum absolute atomic E-state index is 11.2. The second-order valence-electron chi connectivity index (χ2n) is 2.74. The molecule has 0 amide bonds. The number of hydrogen-bond donors (Lipinski definition) is 1. The van der Waals surface area contributed by atoms with Gasteiger partial charge in [0.2, 0.25) is 0 Å². The van der Waals surface area contributed by atoms with E-state index in [0.717, 1.165) is 5.56 Å². The smallest absolute Gasteiger partial charge is 0.348 e. The lowest BCUT2D eigenvalue weighted by Gasteiger charge is -2.02. The molecule has 1 heterocycles. The van der Waals surface area contributed by atoms with Crippen molar-refractivity contribution in [1.29, 1.82) is 0 Å². The molecule has 78 valence electrons. The summed E-state index contributed by atoms with van der Waals surface area (Å²) in [6, 6.07) is 1.84. The molecule has 1 N–H and O–H groups in total. The van der Waals surface area contributed by atoms with Crippen LogP contribution < -0.4 is 0 Å². The second-order valence-corrected chi connectivity index (χ2v) is 4.16. The molecule has 1 atom stereocenters. The van der Waals surface area contributed by atoms with Crippen LogP contribution in [0.5, 0.6) is 0 Å². The molecule has 0 aliphatic carbocycles. The van der Waals surface area contributed by atoms with Crippen LogP contribution in [0.4, 0.5) is 0 Å². The van der Waals surface area contributed by atoms with E-state index in [2.05, 4.69) is 4.74 Å². The summed E-state index contributed by atoms with van der Waals surface area (Å²) in [6.07, 6.45) is 1.01. The quantitative estimate of drug-likeness (QED) is 0.641. The Hall–Kier alpha value is -0.580. The lowest BCUT2D eigenvalue weighted by atomic mass is 10.1. The predicted octanol–water partition coefficient (Wildman–Crippen LogP) is 2.02. The number of ether oxygens (including phenoxy) is 1. The van der Waals surface area contributed by atoms with Gasteiger partial charge in [-0.1, -0.05) is 11.6 Å². The Morgan fingerprint density at radius 2 is 2.50 bits per heavy atom. The summed E-state index contributed by atoms with van der Waals surface area (Å²) < 4.78 is 4.62. The van der Waals surface area contributed by atoms with E-state index in [1.807, 2.05) is 11.4 Å². The summed E-state index contributed by atoms with van der Waals surface area (Å²) in [4.78, 5) is 11.8. The Balaban J connectivity index is 2.67. The minimum absolute atomic E-state index is 0.334. The molecule has 0 radical (unpaired) electrons. The van der Waals surface area contributed by atoms with E-state index in [1.165, 1.54) is 18.4 Å². The number of carbonyl (C=O) groups is 1. The van der Waals surface area contributed by atoms with Gasteiger partial charge in [-0.25, -0.2) is 4.79 Å². The highest BCUT2D eigenvalue weighted by Crippen LogP contribution is 2.20. The van der Waals surface area contributed by atoms with Gasteiger partial charge in [-0.2, -0.15) is 0 Å². The summed E-state index contributed by atoms with van der Waals surface area (Å²) in [5.41, 5.74) is 0.0157. The molecule has 0 aliphatic heterocycles. The number of aliphatic hydroxyl groups is 1. The molecule has 0 bridgehead atoms. The van der Waals surface area contributed by atoms with Gasteiger partial charge in [0, 0.05) is 0 Å². The topological polar surface area (TPSA) is 46.5 Å². The highest BCUT2D eigenvalue weighted by atomic mass is 35.5. The van der Waals surface area contributed by atoms with Gasteiger partial charge in [0.1, 0.15) is 10.4 Å². The van der Waals surface area contributed by atoms with Gasteiger partial charge in [-0.3, -0.25) is 0 Å². The minimum Gasteiger partial charge on any atom is -0.465 e. The van der Waals surface area contributed by atoms with Crippen LogP contribution >= 0.6 is 22.9 Å². The van der Waals surface area contributed by atoms with Crippen LogP contribution in [-0.4, -0.2) is 23.7 Å². The number of carbonyl (C=O) groups excluding carboxylic acids is 1. The fraction of sp³-hybridized carbons (Fsp3) is 0.444. The van der Waals surface area contributed by atoms with Crippen molar-refractivity contribution in [3.8, 4) is 0 Å². The summed E-state index contributed by atoms with van der Waals surface area (Å²) in [7, 11) is 1.35. The van der Waals surface area contributed by atoms with Crippen LogP contribution in [0.1, 0.15) is 21.7 Å². The van der Waals surface area contributed by atoms with Gasteiger partial charge in [0.05, 0.1) is 7.11 Å². The molecule has 1 aromatic heterocycles. The second kappa shape index (κ2) is 5.34. The highest BCUT2D eigenvalue weighted by molar-refractivity contribution is 7.12. The molecule has 0 aromatic carbocycles. The molecule has 0 aliphatic rings. The molecule has 1 unspecified atom stereocenters. The van der Waals surface area contributed by atoms with Crippen molar-refractivity contribution in [2.75, 3.05) is 7.11 Å². The first kappa shape index (κ1) is 11.5.